The Morgan fingerprint density at radius 1 is 1.28 bits per heavy atom. The van der Waals surface area contributed by atoms with Gasteiger partial charge in [0.15, 0.2) is 0 Å². The van der Waals surface area contributed by atoms with Gasteiger partial charge in [-0.15, -0.1) is 0 Å². The third kappa shape index (κ3) is 3.06. The summed E-state index contributed by atoms with van der Waals surface area (Å²) in [5.74, 6) is 0.366. The maximum atomic E-state index is 13.2. The van der Waals surface area contributed by atoms with Crippen molar-refractivity contribution in [3.8, 4) is 5.75 Å². The fraction of sp³-hybridized carbons (Fsp3) is 0.722. The van der Waals surface area contributed by atoms with Crippen LogP contribution in [-0.2, 0) is 14.8 Å². The Morgan fingerprint density at radius 3 is 2.64 bits per heavy atom. The zero-order chi connectivity index (χ0) is 18.1. The van der Waals surface area contributed by atoms with Crippen LogP contribution in [0.25, 0.3) is 0 Å². The van der Waals surface area contributed by atoms with Crippen molar-refractivity contribution in [1.82, 2.24) is 9.29 Å². The summed E-state index contributed by atoms with van der Waals surface area (Å²) in [6.45, 7) is 4.93. The van der Waals surface area contributed by atoms with E-state index in [2.05, 4.69) is 4.98 Å². The van der Waals surface area contributed by atoms with E-state index in [0.717, 1.165) is 32.1 Å². The standard InChI is InChI=1S/C18H28N2O4S/c1-4-23-14-8-11-19-13-15(14)25(21,22)20(3)16-12-17(24-5-2)18(16)9-6-7-10-18/h8,11,13,16-17H,4-7,9-10,12H2,1-3H3/t16-,17-/m0/s1. The Labute approximate surface area is 150 Å². The number of hydrogen-bond donors (Lipinski definition) is 0. The minimum atomic E-state index is -3.66. The minimum absolute atomic E-state index is 0.0220. The van der Waals surface area contributed by atoms with E-state index in [1.54, 1.807) is 19.3 Å². The van der Waals surface area contributed by atoms with Crippen LogP contribution in [0.5, 0.6) is 5.75 Å². The van der Waals surface area contributed by atoms with Crippen molar-refractivity contribution in [3.63, 3.8) is 0 Å². The third-order valence-corrected chi connectivity index (χ3v) is 7.66. The van der Waals surface area contributed by atoms with E-state index in [0.29, 0.717) is 19.0 Å². The van der Waals surface area contributed by atoms with Crippen LogP contribution in [-0.4, -0.2) is 50.1 Å². The van der Waals surface area contributed by atoms with Crippen LogP contribution in [0.1, 0.15) is 46.0 Å². The van der Waals surface area contributed by atoms with Crippen molar-refractivity contribution in [2.24, 2.45) is 5.41 Å². The molecule has 7 heteroatoms. The van der Waals surface area contributed by atoms with Gasteiger partial charge in [0.25, 0.3) is 0 Å². The second-order valence-corrected chi connectivity index (χ2v) is 8.88. The van der Waals surface area contributed by atoms with Crippen LogP contribution < -0.4 is 4.74 Å². The molecule has 0 saturated heterocycles. The summed E-state index contributed by atoms with van der Waals surface area (Å²) in [5, 5.41) is 0. The van der Waals surface area contributed by atoms with E-state index < -0.39 is 10.0 Å². The predicted molar refractivity (Wildman–Crippen MR) is 95.1 cm³/mol. The van der Waals surface area contributed by atoms with Gasteiger partial charge in [-0.05, 0) is 39.2 Å². The molecule has 0 aliphatic heterocycles. The molecular formula is C18H28N2O4S. The first-order chi connectivity index (χ1) is 12.0. The van der Waals surface area contributed by atoms with Crippen LogP contribution in [0.3, 0.4) is 0 Å². The number of sulfonamides is 1. The lowest BCUT2D eigenvalue weighted by atomic mass is 9.60. The largest absolute Gasteiger partial charge is 0.492 e. The Balaban J connectivity index is 1.89. The van der Waals surface area contributed by atoms with Gasteiger partial charge in [0.05, 0.1) is 18.9 Å². The average Bonchev–Trinajstić information content (AvgIpc) is 3.11. The molecule has 0 radical (unpaired) electrons. The molecule has 1 heterocycles. The lowest BCUT2D eigenvalue weighted by Crippen LogP contribution is -2.63. The van der Waals surface area contributed by atoms with Gasteiger partial charge in [0.2, 0.25) is 10.0 Å². The minimum Gasteiger partial charge on any atom is -0.492 e. The van der Waals surface area contributed by atoms with E-state index in [1.165, 1.54) is 10.5 Å². The number of nitrogens with zero attached hydrogens (tertiary/aromatic N) is 2. The lowest BCUT2D eigenvalue weighted by Gasteiger charge is -2.56. The van der Waals surface area contributed by atoms with E-state index in [9.17, 15) is 8.42 Å². The van der Waals surface area contributed by atoms with Crippen LogP contribution in [0.4, 0.5) is 0 Å². The van der Waals surface area contributed by atoms with Gasteiger partial charge in [-0.3, -0.25) is 4.98 Å². The molecule has 2 atom stereocenters. The predicted octanol–water partition coefficient (Wildman–Crippen LogP) is 2.84. The Bertz CT molecular complexity index is 701. The molecular weight excluding hydrogens is 340 g/mol. The smallest absolute Gasteiger partial charge is 0.248 e. The molecule has 1 spiro atoms. The molecule has 0 N–H and O–H groups in total. The van der Waals surface area contributed by atoms with Crippen molar-refractivity contribution in [2.75, 3.05) is 20.3 Å². The quantitative estimate of drug-likeness (QED) is 0.740. The molecule has 2 aliphatic carbocycles. The van der Waals surface area contributed by atoms with Gasteiger partial charge in [-0.1, -0.05) is 12.8 Å². The van der Waals surface area contributed by atoms with Crippen molar-refractivity contribution in [1.29, 1.82) is 0 Å². The van der Waals surface area contributed by atoms with Crippen LogP contribution in [0.15, 0.2) is 23.4 Å². The maximum Gasteiger partial charge on any atom is 0.248 e. The zero-order valence-electron chi connectivity index (χ0n) is 15.3. The van der Waals surface area contributed by atoms with Crippen molar-refractivity contribution in [3.05, 3.63) is 18.5 Å². The van der Waals surface area contributed by atoms with E-state index in [4.69, 9.17) is 9.47 Å². The maximum absolute atomic E-state index is 13.2. The molecule has 1 aromatic rings. The summed E-state index contributed by atoms with van der Waals surface area (Å²) in [6.07, 6.45) is 8.22. The van der Waals surface area contributed by atoms with Crippen molar-refractivity contribution >= 4 is 10.0 Å². The summed E-state index contributed by atoms with van der Waals surface area (Å²) < 4.78 is 39.4. The summed E-state index contributed by atoms with van der Waals surface area (Å²) in [5.41, 5.74) is -0.0359. The summed E-state index contributed by atoms with van der Waals surface area (Å²) in [4.78, 5) is 4.15. The van der Waals surface area contributed by atoms with E-state index >= 15 is 0 Å². The SMILES string of the molecule is CCOc1ccncc1S(=O)(=O)N(C)[C@H]1C[C@H](OCC)C12CCCC2. The fourth-order valence-corrected chi connectivity index (χ4v) is 6.04. The molecule has 25 heavy (non-hydrogen) atoms. The second kappa shape index (κ2) is 7.21. The highest BCUT2D eigenvalue weighted by molar-refractivity contribution is 7.89. The molecule has 0 amide bonds. The molecule has 1 aromatic heterocycles. The monoisotopic (exact) mass is 368 g/mol. The molecule has 0 bridgehead atoms. The Morgan fingerprint density at radius 2 is 2.00 bits per heavy atom. The summed E-state index contributed by atoms with van der Waals surface area (Å²) in [6, 6.07) is 1.59. The van der Waals surface area contributed by atoms with Crippen molar-refractivity contribution < 1.29 is 17.9 Å². The first kappa shape index (κ1) is 18.6. The fourth-order valence-electron chi connectivity index (χ4n) is 4.52. The van der Waals surface area contributed by atoms with Crippen LogP contribution in [0, 0.1) is 5.41 Å². The number of hydrogen-bond acceptors (Lipinski definition) is 5. The molecule has 6 nitrogen and oxygen atoms in total. The Kier molecular flexibility index (Phi) is 5.37. The molecule has 0 unspecified atom stereocenters. The number of ether oxygens (including phenoxy) is 2. The topological polar surface area (TPSA) is 68.7 Å². The van der Waals surface area contributed by atoms with E-state index in [-0.39, 0.29) is 22.5 Å². The normalized spacial score (nSPS) is 25.3. The van der Waals surface area contributed by atoms with Gasteiger partial charge in [0.1, 0.15) is 10.6 Å². The number of pyridine rings is 1. The molecule has 140 valence electrons. The van der Waals surface area contributed by atoms with Gasteiger partial charge < -0.3 is 9.47 Å². The first-order valence-electron chi connectivity index (χ1n) is 9.13. The number of aromatic nitrogens is 1. The first-order valence-corrected chi connectivity index (χ1v) is 10.6. The molecule has 2 saturated carbocycles. The highest BCUT2D eigenvalue weighted by atomic mass is 32.2. The highest BCUT2D eigenvalue weighted by Gasteiger charge is 2.59. The lowest BCUT2D eigenvalue weighted by molar-refractivity contribution is -0.145. The van der Waals surface area contributed by atoms with Crippen LogP contribution in [0.2, 0.25) is 0 Å². The van der Waals surface area contributed by atoms with Gasteiger partial charge in [0, 0.05) is 31.3 Å². The van der Waals surface area contributed by atoms with Gasteiger partial charge in [-0.2, -0.15) is 4.31 Å². The van der Waals surface area contributed by atoms with Gasteiger partial charge >= 0.3 is 0 Å². The molecule has 0 aromatic carbocycles. The van der Waals surface area contributed by atoms with Crippen LogP contribution >= 0.6 is 0 Å². The molecule has 2 aliphatic rings. The van der Waals surface area contributed by atoms with Crippen molar-refractivity contribution in [2.45, 2.75) is 63.0 Å². The molecule has 3 rings (SSSR count). The Hall–Kier alpha value is -1.18. The summed E-state index contributed by atoms with van der Waals surface area (Å²) >= 11 is 0. The van der Waals surface area contributed by atoms with Gasteiger partial charge in [-0.25, -0.2) is 8.42 Å². The average molecular weight is 368 g/mol. The second-order valence-electron chi connectivity index (χ2n) is 6.91. The molecule has 2 fully saturated rings. The zero-order valence-corrected chi connectivity index (χ0v) is 16.1. The highest BCUT2D eigenvalue weighted by Crippen LogP contribution is 2.57. The third-order valence-electron chi connectivity index (χ3n) is 5.79. The number of rotatable bonds is 7. The van der Waals surface area contributed by atoms with E-state index in [1.807, 2.05) is 13.8 Å². The summed E-state index contributed by atoms with van der Waals surface area (Å²) in [7, 11) is -1.98.